The number of aromatic nitrogens is 6. The fourth-order valence-corrected chi connectivity index (χ4v) is 4.73. The number of hydrogen-bond acceptors (Lipinski definition) is 5. The van der Waals surface area contributed by atoms with E-state index < -0.39 is 28.9 Å². The SMILES string of the molecule is Cn1ncc2ccc(-c3ccc(NC(=O)C4(c5ccc(C(F)(F)F)cc5F)CC4)cc3-c3nnn[nH]3)cc21. The van der Waals surface area contributed by atoms with E-state index in [0.717, 1.165) is 34.2 Å². The lowest BCUT2D eigenvalue weighted by atomic mass is 9.92. The Labute approximate surface area is 212 Å². The van der Waals surface area contributed by atoms with Gasteiger partial charge in [-0.2, -0.15) is 18.3 Å². The lowest BCUT2D eigenvalue weighted by Gasteiger charge is -2.18. The van der Waals surface area contributed by atoms with Gasteiger partial charge in [-0.1, -0.05) is 24.3 Å². The van der Waals surface area contributed by atoms with Crippen molar-refractivity contribution in [1.82, 2.24) is 30.4 Å². The van der Waals surface area contributed by atoms with Crippen molar-refractivity contribution in [2.75, 3.05) is 5.32 Å². The van der Waals surface area contributed by atoms with Crippen molar-refractivity contribution in [1.29, 1.82) is 0 Å². The van der Waals surface area contributed by atoms with Crippen molar-refractivity contribution >= 4 is 22.5 Å². The summed E-state index contributed by atoms with van der Waals surface area (Å²) >= 11 is 0. The first-order chi connectivity index (χ1) is 18.2. The summed E-state index contributed by atoms with van der Waals surface area (Å²) in [7, 11) is 1.85. The van der Waals surface area contributed by atoms with E-state index in [9.17, 15) is 22.4 Å². The molecule has 0 unspecified atom stereocenters. The average molecular weight is 521 g/mol. The van der Waals surface area contributed by atoms with Crippen LogP contribution in [0.25, 0.3) is 33.4 Å². The Morgan fingerprint density at radius 3 is 2.55 bits per heavy atom. The topological polar surface area (TPSA) is 101 Å². The minimum absolute atomic E-state index is 0.0521. The molecule has 192 valence electrons. The number of H-pyrrole nitrogens is 1. The molecule has 0 aliphatic heterocycles. The molecule has 1 fully saturated rings. The van der Waals surface area contributed by atoms with E-state index in [0.29, 0.717) is 36.0 Å². The van der Waals surface area contributed by atoms with Crippen LogP contribution in [0.1, 0.15) is 24.0 Å². The average Bonchev–Trinajstić information content (AvgIpc) is 3.34. The number of fused-ring (bicyclic) bond motifs is 1. The van der Waals surface area contributed by atoms with Gasteiger partial charge in [0.05, 0.1) is 22.7 Å². The molecule has 1 amide bonds. The monoisotopic (exact) mass is 521 g/mol. The summed E-state index contributed by atoms with van der Waals surface area (Å²) < 4.78 is 55.4. The molecule has 8 nitrogen and oxygen atoms in total. The molecule has 0 saturated heterocycles. The fourth-order valence-electron chi connectivity index (χ4n) is 4.73. The molecule has 1 aliphatic carbocycles. The molecular weight excluding hydrogens is 502 g/mol. The highest BCUT2D eigenvalue weighted by molar-refractivity contribution is 6.02. The molecule has 2 aromatic heterocycles. The minimum atomic E-state index is -4.67. The van der Waals surface area contributed by atoms with Gasteiger partial charge < -0.3 is 5.32 Å². The molecule has 0 bridgehead atoms. The van der Waals surface area contributed by atoms with Gasteiger partial charge in [-0.3, -0.25) is 9.48 Å². The Morgan fingerprint density at radius 1 is 1.05 bits per heavy atom. The summed E-state index contributed by atoms with van der Waals surface area (Å²) in [5.41, 5.74) is 1.23. The van der Waals surface area contributed by atoms with Crippen LogP contribution in [0.3, 0.4) is 0 Å². The maximum atomic E-state index is 14.7. The second kappa shape index (κ2) is 8.47. The number of carbonyl (C=O) groups is 1. The van der Waals surface area contributed by atoms with E-state index in [1.54, 1.807) is 23.0 Å². The zero-order chi connectivity index (χ0) is 26.7. The maximum Gasteiger partial charge on any atom is 0.416 e. The number of hydrogen-bond donors (Lipinski definition) is 2. The van der Waals surface area contributed by atoms with E-state index >= 15 is 0 Å². The first-order valence-corrected chi connectivity index (χ1v) is 11.6. The van der Waals surface area contributed by atoms with Crippen molar-refractivity contribution in [2.45, 2.75) is 24.4 Å². The maximum absolute atomic E-state index is 14.7. The molecule has 3 aromatic carbocycles. The van der Waals surface area contributed by atoms with Gasteiger partial charge in [0, 0.05) is 29.2 Å². The van der Waals surface area contributed by atoms with Crippen LogP contribution in [0.15, 0.2) is 60.8 Å². The standard InChI is InChI=1S/C26H19F4N7O/c1-37-22-10-14(2-3-15(22)13-31-37)18-6-5-17(12-19(18)23-33-35-36-34-23)32-24(38)25(8-9-25)20-7-4-16(11-21(20)27)26(28,29)30/h2-7,10-13H,8-9H2,1H3,(H,32,38)(H,33,34,35,36). The predicted octanol–water partition coefficient (Wildman–Crippen LogP) is 5.25. The van der Waals surface area contributed by atoms with Crippen LogP contribution in [0, 0.1) is 5.82 Å². The molecule has 0 radical (unpaired) electrons. The number of nitrogens with zero attached hydrogens (tertiary/aromatic N) is 5. The number of rotatable bonds is 5. The van der Waals surface area contributed by atoms with Gasteiger partial charge in [0.25, 0.3) is 0 Å². The second-order valence-electron chi connectivity index (χ2n) is 9.28. The van der Waals surface area contributed by atoms with E-state index in [-0.39, 0.29) is 5.56 Å². The summed E-state index contributed by atoms with van der Waals surface area (Å²) in [4.78, 5) is 13.3. The zero-order valence-electron chi connectivity index (χ0n) is 19.8. The molecule has 12 heteroatoms. The van der Waals surface area contributed by atoms with Gasteiger partial charge in [0.2, 0.25) is 5.91 Å². The molecule has 1 saturated carbocycles. The van der Waals surface area contributed by atoms with Crippen molar-refractivity contribution < 1.29 is 22.4 Å². The van der Waals surface area contributed by atoms with Gasteiger partial charge in [-0.25, -0.2) is 9.49 Å². The number of carbonyl (C=O) groups excluding carboxylic acids is 1. The predicted molar refractivity (Wildman–Crippen MR) is 130 cm³/mol. The van der Waals surface area contributed by atoms with Crippen LogP contribution >= 0.6 is 0 Å². The van der Waals surface area contributed by atoms with Crippen molar-refractivity contribution in [3.05, 3.63) is 77.7 Å². The molecular formula is C26H19F4N7O. The summed E-state index contributed by atoms with van der Waals surface area (Å²) in [6.45, 7) is 0. The summed E-state index contributed by atoms with van der Waals surface area (Å²) in [6.07, 6.45) is -2.26. The molecule has 0 spiro atoms. The van der Waals surface area contributed by atoms with Gasteiger partial charge >= 0.3 is 6.18 Å². The van der Waals surface area contributed by atoms with Crippen LogP contribution in [0.5, 0.6) is 0 Å². The number of halogens is 4. The first kappa shape index (κ1) is 23.8. The normalized spacial score (nSPS) is 14.6. The molecule has 2 heterocycles. The molecule has 5 aromatic rings. The Kier molecular flexibility index (Phi) is 5.30. The largest absolute Gasteiger partial charge is 0.416 e. The zero-order valence-corrected chi connectivity index (χ0v) is 19.8. The lowest BCUT2D eigenvalue weighted by molar-refractivity contribution is -0.137. The number of tetrazole rings is 1. The van der Waals surface area contributed by atoms with Crippen LogP contribution in [-0.4, -0.2) is 36.3 Å². The first-order valence-electron chi connectivity index (χ1n) is 11.6. The van der Waals surface area contributed by atoms with Gasteiger partial charge in [0.15, 0.2) is 5.82 Å². The number of amides is 1. The smallest absolute Gasteiger partial charge is 0.325 e. The van der Waals surface area contributed by atoms with E-state index in [1.165, 1.54) is 0 Å². The molecule has 1 aliphatic rings. The summed E-state index contributed by atoms with van der Waals surface area (Å²) in [5.74, 6) is -1.18. The van der Waals surface area contributed by atoms with Gasteiger partial charge in [-0.05, 0) is 64.7 Å². The Bertz CT molecular complexity index is 1690. The number of benzene rings is 3. The van der Waals surface area contributed by atoms with Crippen molar-refractivity contribution in [2.24, 2.45) is 7.05 Å². The summed E-state index contributed by atoms with van der Waals surface area (Å²) in [5, 5.41) is 22.1. The highest BCUT2D eigenvalue weighted by atomic mass is 19.4. The lowest BCUT2D eigenvalue weighted by Crippen LogP contribution is -2.29. The fraction of sp³-hybridized carbons (Fsp3) is 0.192. The van der Waals surface area contributed by atoms with Crippen molar-refractivity contribution in [3.8, 4) is 22.5 Å². The minimum Gasteiger partial charge on any atom is -0.325 e. The van der Waals surface area contributed by atoms with E-state index in [1.807, 2.05) is 31.3 Å². The molecule has 38 heavy (non-hydrogen) atoms. The van der Waals surface area contributed by atoms with Crippen LogP contribution < -0.4 is 5.32 Å². The third-order valence-electron chi connectivity index (χ3n) is 6.93. The van der Waals surface area contributed by atoms with E-state index in [4.69, 9.17) is 0 Å². The number of alkyl halides is 3. The van der Waals surface area contributed by atoms with Crippen molar-refractivity contribution in [3.63, 3.8) is 0 Å². The quantitative estimate of drug-likeness (QED) is 0.308. The highest BCUT2D eigenvalue weighted by Crippen LogP contribution is 2.50. The Morgan fingerprint density at radius 2 is 1.87 bits per heavy atom. The number of nitrogens with one attached hydrogen (secondary N) is 2. The third kappa shape index (κ3) is 3.98. The van der Waals surface area contributed by atoms with Gasteiger partial charge in [0.1, 0.15) is 5.82 Å². The highest BCUT2D eigenvalue weighted by Gasteiger charge is 2.53. The summed E-state index contributed by atoms with van der Waals surface area (Å²) in [6, 6.07) is 13.4. The second-order valence-corrected chi connectivity index (χ2v) is 9.28. The molecule has 0 atom stereocenters. The Hall–Kier alpha value is -4.61. The Balaban J connectivity index is 1.34. The van der Waals surface area contributed by atoms with E-state index in [2.05, 4.69) is 31.0 Å². The molecule has 2 N–H and O–H groups in total. The third-order valence-corrected chi connectivity index (χ3v) is 6.93. The van der Waals surface area contributed by atoms with Crippen LogP contribution in [0.4, 0.5) is 23.2 Å². The molecule has 6 rings (SSSR count). The van der Waals surface area contributed by atoms with Gasteiger partial charge in [-0.15, -0.1) is 5.10 Å². The van der Waals surface area contributed by atoms with Crippen LogP contribution in [-0.2, 0) is 23.4 Å². The number of anilines is 1. The van der Waals surface area contributed by atoms with Crippen LogP contribution in [0.2, 0.25) is 0 Å². The number of aromatic amines is 1. The number of aryl methyl sites for hydroxylation is 1.